The van der Waals surface area contributed by atoms with Crippen LogP contribution in [0.15, 0.2) is 23.1 Å². The number of nitrogens with zero attached hydrogens (tertiary/aromatic N) is 5. The van der Waals surface area contributed by atoms with Gasteiger partial charge in [0, 0.05) is 45.0 Å². The van der Waals surface area contributed by atoms with Gasteiger partial charge in [-0.2, -0.15) is 0 Å². The largest absolute Gasteiger partial charge is 0.335 e. The zero-order valence-corrected chi connectivity index (χ0v) is 15.9. The molecule has 0 radical (unpaired) electrons. The van der Waals surface area contributed by atoms with Gasteiger partial charge in [0.25, 0.3) is 11.5 Å². The number of piperazine rings is 1. The highest BCUT2D eigenvalue weighted by Gasteiger charge is 2.29. The molecule has 0 atom stereocenters. The Kier molecular flexibility index (Phi) is 5.20. The first-order valence-electron chi connectivity index (χ1n) is 10.1. The number of aryl methyl sites for hydroxylation is 1. The second-order valence-corrected chi connectivity index (χ2v) is 7.48. The van der Waals surface area contributed by atoms with Gasteiger partial charge in [-0.15, -0.1) is 0 Å². The van der Waals surface area contributed by atoms with E-state index in [1.54, 1.807) is 23.2 Å². The molecule has 1 amide bonds. The maximum Gasteiger partial charge on any atom is 0.283 e. The summed E-state index contributed by atoms with van der Waals surface area (Å²) in [6.45, 7) is 5.43. The van der Waals surface area contributed by atoms with Crippen LogP contribution in [0, 0.1) is 0 Å². The third-order valence-corrected chi connectivity index (χ3v) is 5.91. The summed E-state index contributed by atoms with van der Waals surface area (Å²) in [6, 6.07) is 4.24. The summed E-state index contributed by atoms with van der Waals surface area (Å²) >= 11 is 0. The monoisotopic (exact) mass is 369 g/mol. The first kappa shape index (κ1) is 18.1. The highest BCUT2D eigenvalue weighted by molar-refractivity contribution is 5.93. The lowest BCUT2D eigenvalue weighted by Crippen LogP contribution is -2.53. The van der Waals surface area contributed by atoms with E-state index in [4.69, 9.17) is 0 Å². The van der Waals surface area contributed by atoms with E-state index < -0.39 is 0 Å². The number of pyridine rings is 1. The van der Waals surface area contributed by atoms with E-state index in [0.717, 1.165) is 13.1 Å². The van der Waals surface area contributed by atoms with Crippen LogP contribution in [0.3, 0.4) is 0 Å². The van der Waals surface area contributed by atoms with Crippen LogP contribution < -0.4 is 5.56 Å². The number of aromatic nitrogens is 3. The molecule has 0 aromatic carbocycles. The Balaban J connectivity index is 1.53. The standard InChI is InChI=1S/C20H27N5O2/c1-2-25-18-16(9-6-10-21-18)22-17(20(25)27)19(26)24-13-11-23(12-14-24)15-7-4-3-5-8-15/h6,9-10,15H,2-5,7-8,11-14H2,1H3. The molecule has 0 bridgehead atoms. The molecule has 7 heteroatoms. The lowest BCUT2D eigenvalue weighted by molar-refractivity contribution is 0.0516. The van der Waals surface area contributed by atoms with Gasteiger partial charge in [-0.25, -0.2) is 9.97 Å². The summed E-state index contributed by atoms with van der Waals surface area (Å²) < 4.78 is 1.54. The number of rotatable bonds is 3. The van der Waals surface area contributed by atoms with Crippen LogP contribution >= 0.6 is 0 Å². The van der Waals surface area contributed by atoms with Gasteiger partial charge in [0.2, 0.25) is 0 Å². The summed E-state index contributed by atoms with van der Waals surface area (Å²) in [5.41, 5.74) is 0.790. The molecule has 2 aromatic heterocycles. The van der Waals surface area contributed by atoms with Gasteiger partial charge in [0.1, 0.15) is 5.52 Å². The number of fused-ring (bicyclic) bond motifs is 1. The molecule has 1 aliphatic carbocycles. The second kappa shape index (κ2) is 7.76. The fourth-order valence-electron chi connectivity index (χ4n) is 4.39. The van der Waals surface area contributed by atoms with Crippen molar-refractivity contribution >= 4 is 17.1 Å². The van der Waals surface area contributed by atoms with Gasteiger partial charge in [0.05, 0.1) is 0 Å². The predicted octanol–water partition coefficient (Wildman–Crippen LogP) is 1.90. The van der Waals surface area contributed by atoms with Gasteiger partial charge < -0.3 is 4.90 Å². The average molecular weight is 369 g/mol. The van der Waals surface area contributed by atoms with E-state index in [2.05, 4.69) is 14.9 Å². The van der Waals surface area contributed by atoms with Crippen molar-refractivity contribution in [2.45, 2.75) is 51.6 Å². The van der Waals surface area contributed by atoms with E-state index in [1.807, 2.05) is 6.92 Å². The molecule has 4 rings (SSSR count). The van der Waals surface area contributed by atoms with E-state index in [9.17, 15) is 9.59 Å². The number of hydrogen-bond donors (Lipinski definition) is 0. The quantitative estimate of drug-likeness (QED) is 0.826. The molecule has 2 aliphatic rings. The molecule has 2 fully saturated rings. The van der Waals surface area contributed by atoms with Crippen LogP contribution in [-0.4, -0.2) is 62.5 Å². The molecule has 1 saturated heterocycles. The number of amides is 1. The minimum Gasteiger partial charge on any atom is -0.335 e. The van der Waals surface area contributed by atoms with Crippen LogP contribution in [0.2, 0.25) is 0 Å². The van der Waals surface area contributed by atoms with E-state index >= 15 is 0 Å². The van der Waals surface area contributed by atoms with E-state index in [-0.39, 0.29) is 17.2 Å². The highest BCUT2D eigenvalue weighted by Crippen LogP contribution is 2.23. The van der Waals surface area contributed by atoms with Gasteiger partial charge in [0.15, 0.2) is 11.3 Å². The molecular weight excluding hydrogens is 342 g/mol. The zero-order chi connectivity index (χ0) is 18.8. The van der Waals surface area contributed by atoms with Crippen molar-refractivity contribution in [3.8, 4) is 0 Å². The molecule has 1 saturated carbocycles. The first-order chi connectivity index (χ1) is 13.2. The minimum absolute atomic E-state index is 0.0171. The fourth-order valence-corrected chi connectivity index (χ4v) is 4.39. The van der Waals surface area contributed by atoms with Crippen molar-refractivity contribution in [1.29, 1.82) is 0 Å². The van der Waals surface area contributed by atoms with Crippen LogP contribution in [0.25, 0.3) is 11.2 Å². The van der Waals surface area contributed by atoms with Gasteiger partial charge in [-0.1, -0.05) is 19.3 Å². The topological polar surface area (TPSA) is 71.3 Å². The molecular formula is C20H27N5O2. The minimum atomic E-state index is -0.344. The fraction of sp³-hybridized carbons (Fsp3) is 0.600. The Labute approximate surface area is 159 Å². The molecule has 3 heterocycles. The molecule has 144 valence electrons. The number of carbonyl (C=O) groups is 1. The van der Waals surface area contributed by atoms with Gasteiger partial charge in [-0.3, -0.25) is 19.1 Å². The lowest BCUT2D eigenvalue weighted by atomic mass is 9.94. The Morgan fingerprint density at radius 1 is 1.15 bits per heavy atom. The average Bonchev–Trinajstić information content (AvgIpc) is 2.73. The molecule has 0 spiro atoms. The van der Waals surface area contributed by atoms with Crippen LogP contribution in [0.5, 0.6) is 0 Å². The maximum atomic E-state index is 13.0. The van der Waals surface area contributed by atoms with Gasteiger partial charge in [-0.05, 0) is 31.9 Å². The normalized spacial score (nSPS) is 19.5. The van der Waals surface area contributed by atoms with Gasteiger partial charge >= 0.3 is 0 Å². The Bertz CT molecular complexity index is 880. The lowest BCUT2D eigenvalue weighted by Gasteiger charge is -2.40. The van der Waals surface area contributed by atoms with Crippen molar-refractivity contribution in [1.82, 2.24) is 24.3 Å². The third kappa shape index (κ3) is 3.48. The molecule has 1 aliphatic heterocycles. The number of hydrogen-bond acceptors (Lipinski definition) is 5. The predicted molar refractivity (Wildman–Crippen MR) is 104 cm³/mol. The van der Waals surface area contributed by atoms with Crippen molar-refractivity contribution < 1.29 is 4.79 Å². The molecule has 7 nitrogen and oxygen atoms in total. The van der Waals surface area contributed by atoms with Crippen molar-refractivity contribution in [3.63, 3.8) is 0 Å². The molecule has 0 N–H and O–H groups in total. The van der Waals surface area contributed by atoms with E-state index in [0.29, 0.717) is 36.8 Å². The number of carbonyl (C=O) groups excluding carboxylic acids is 1. The summed E-state index contributed by atoms with van der Waals surface area (Å²) in [4.78, 5) is 38.8. The Morgan fingerprint density at radius 3 is 2.59 bits per heavy atom. The third-order valence-electron chi connectivity index (χ3n) is 5.91. The van der Waals surface area contributed by atoms with Crippen molar-refractivity contribution in [2.24, 2.45) is 0 Å². The Morgan fingerprint density at radius 2 is 1.89 bits per heavy atom. The highest BCUT2D eigenvalue weighted by atomic mass is 16.2. The van der Waals surface area contributed by atoms with Crippen LogP contribution in [-0.2, 0) is 6.54 Å². The summed E-state index contributed by atoms with van der Waals surface area (Å²) in [6.07, 6.45) is 8.16. The molecule has 0 unspecified atom stereocenters. The first-order valence-corrected chi connectivity index (χ1v) is 10.1. The summed E-state index contributed by atoms with van der Waals surface area (Å²) in [5, 5.41) is 0. The molecule has 2 aromatic rings. The second-order valence-electron chi connectivity index (χ2n) is 7.48. The van der Waals surface area contributed by atoms with Crippen molar-refractivity contribution in [2.75, 3.05) is 26.2 Å². The zero-order valence-electron chi connectivity index (χ0n) is 15.9. The molecule has 27 heavy (non-hydrogen) atoms. The van der Waals surface area contributed by atoms with Crippen LogP contribution in [0.4, 0.5) is 0 Å². The van der Waals surface area contributed by atoms with E-state index in [1.165, 1.54) is 36.7 Å². The smallest absolute Gasteiger partial charge is 0.283 e. The Hall–Kier alpha value is -2.28. The maximum absolute atomic E-state index is 13.0. The summed E-state index contributed by atoms with van der Waals surface area (Å²) in [7, 11) is 0. The summed E-state index contributed by atoms with van der Waals surface area (Å²) in [5.74, 6) is -0.253. The van der Waals surface area contributed by atoms with Crippen molar-refractivity contribution in [3.05, 3.63) is 34.4 Å². The SMILES string of the molecule is CCn1c(=O)c(C(=O)N2CCN(C3CCCCC3)CC2)nc2cccnc21. The van der Waals surface area contributed by atoms with Crippen LogP contribution in [0.1, 0.15) is 49.5 Å².